The first-order valence-electron chi connectivity index (χ1n) is 27.2. The first-order chi connectivity index (χ1) is 36.6. The van der Waals surface area contributed by atoms with E-state index < -0.39 is 0 Å². The average molecular weight is 991 g/mol. The molecule has 0 atom stereocenters. The molecule has 11 aromatic rings. The second-order valence-corrected chi connectivity index (χ2v) is 20.0. The van der Waals surface area contributed by atoms with E-state index in [4.69, 9.17) is 0 Å². The van der Waals surface area contributed by atoms with Crippen LogP contribution in [0, 0.1) is 41.5 Å². The van der Waals surface area contributed by atoms with Crippen molar-refractivity contribution in [2.24, 2.45) is 0 Å². The lowest BCUT2D eigenvalue weighted by Gasteiger charge is -2.20. The molecule has 0 spiro atoms. The maximum absolute atomic E-state index is 2.38. The van der Waals surface area contributed by atoms with Gasteiger partial charge in [-0.1, -0.05) is 296 Å². The van der Waals surface area contributed by atoms with E-state index >= 15 is 0 Å². The van der Waals surface area contributed by atoms with Gasteiger partial charge in [0.05, 0.1) is 0 Å². The van der Waals surface area contributed by atoms with Crippen LogP contribution in [0.3, 0.4) is 0 Å². The van der Waals surface area contributed by atoms with Gasteiger partial charge in [0.15, 0.2) is 0 Å². The van der Waals surface area contributed by atoms with Crippen molar-refractivity contribution in [3.8, 4) is 77.9 Å². The Balaban J connectivity index is 0.000000190. The minimum atomic E-state index is 0. The molecule has 0 bridgehead atoms. The van der Waals surface area contributed by atoms with Crippen LogP contribution in [0.4, 0.5) is 0 Å². The fraction of sp³-hybridized carbons (Fsp3) is 0.184. The van der Waals surface area contributed by atoms with Gasteiger partial charge in [0, 0.05) is 0 Å². The van der Waals surface area contributed by atoms with Crippen molar-refractivity contribution in [3.63, 3.8) is 0 Å². The summed E-state index contributed by atoms with van der Waals surface area (Å²) in [6.07, 6.45) is 3.89. The minimum absolute atomic E-state index is 0. The fourth-order valence-corrected chi connectivity index (χ4v) is 10.5. The van der Waals surface area contributed by atoms with Gasteiger partial charge in [-0.2, -0.15) is 0 Å². The molecule has 0 unspecified atom stereocenters. The first kappa shape index (κ1) is 55.7. The predicted molar refractivity (Wildman–Crippen MR) is 338 cm³/mol. The van der Waals surface area contributed by atoms with Crippen molar-refractivity contribution in [1.82, 2.24) is 0 Å². The normalized spacial score (nSPS) is 10.6. The highest BCUT2D eigenvalue weighted by Gasteiger charge is 2.31. The Kier molecular flexibility index (Phi) is 19.4. The van der Waals surface area contributed by atoms with Crippen LogP contribution in [0.1, 0.15) is 87.8 Å². The molecule has 382 valence electrons. The summed E-state index contributed by atoms with van der Waals surface area (Å²) in [6.45, 7) is 21.6. The van der Waals surface area contributed by atoms with E-state index in [2.05, 4.69) is 300 Å². The molecule has 0 saturated heterocycles. The maximum Gasteiger partial charge on any atom is -0.000741 e. The lowest BCUT2D eigenvalue weighted by molar-refractivity contribution is 0.886. The second kappa shape index (κ2) is 26.4. The lowest BCUT2D eigenvalue weighted by Crippen LogP contribution is -1.93. The van der Waals surface area contributed by atoms with Gasteiger partial charge in [-0.3, -0.25) is 0 Å². The van der Waals surface area contributed by atoms with Crippen LogP contribution in [-0.4, -0.2) is 0 Å². The molecule has 11 aromatic carbocycles. The van der Waals surface area contributed by atoms with Crippen LogP contribution in [0.2, 0.25) is 0 Å². The third-order valence-corrected chi connectivity index (χ3v) is 14.1. The molecule has 0 amide bonds. The van der Waals surface area contributed by atoms with Crippen LogP contribution in [0.15, 0.2) is 231 Å². The zero-order valence-electron chi connectivity index (χ0n) is 46.1. The van der Waals surface area contributed by atoms with Crippen molar-refractivity contribution in [3.05, 3.63) is 264 Å². The molecule has 0 heterocycles. The summed E-state index contributed by atoms with van der Waals surface area (Å²) in [4.78, 5) is 0. The van der Waals surface area contributed by atoms with Gasteiger partial charge in [-0.05, 0) is 163 Å². The second-order valence-electron chi connectivity index (χ2n) is 20.0. The monoisotopic (exact) mass is 991 g/mol. The number of rotatable bonds is 6. The van der Waals surface area contributed by atoms with Crippen LogP contribution < -0.4 is 0 Å². The highest BCUT2D eigenvalue weighted by atomic mass is 14.3. The SMILES string of the molecule is C.CCC.CCCC.Cc1cc(C)cc(-c2ccc3c4c(cccc24)-c2c-3c(-c3ccccc3)c3ccccc3c2-c2ccccc2)c1.Cc1ccccc1-c1ccccc1C.Cc1ccccc1-c1ccccc1C. The van der Waals surface area contributed by atoms with E-state index in [0.29, 0.717) is 0 Å². The summed E-state index contributed by atoms with van der Waals surface area (Å²) in [5, 5.41) is 5.27. The molecule has 0 aromatic heterocycles. The highest BCUT2D eigenvalue weighted by Crippen LogP contribution is 2.58. The Morgan fingerprint density at radius 2 is 0.553 bits per heavy atom. The van der Waals surface area contributed by atoms with Crippen molar-refractivity contribution in [2.75, 3.05) is 0 Å². The summed E-state index contributed by atoms with van der Waals surface area (Å²) in [5.41, 5.74) is 26.4. The molecule has 12 rings (SSSR count). The van der Waals surface area contributed by atoms with Crippen LogP contribution in [0.25, 0.3) is 99.4 Å². The maximum atomic E-state index is 2.38. The summed E-state index contributed by atoms with van der Waals surface area (Å²) in [7, 11) is 0. The number of hydrogen-bond donors (Lipinski definition) is 0. The summed E-state index contributed by atoms with van der Waals surface area (Å²) in [5.74, 6) is 0. The summed E-state index contributed by atoms with van der Waals surface area (Å²) in [6, 6.07) is 83.3. The van der Waals surface area contributed by atoms with Crippen LogP contribution >= 0.6 is 0 Å². The Hall–Kier alpha value is -8.06. The Labute approximate surface area is 456 Å². The predicted octanol–water partition coefficient (Wildman–Crippen LogP) is 23.1. The van der Waals surface area contributed by atoms with Gasteiger partial charge in [-0.15, -0.1) is 0 Å². The third kappa shape index (κ3) is 12.2. The van der Waals surface area contributed by atoms with Crippen molar-refractivity contribution in [2.45, 2.75) is 95.9 Å². The molecule has 76 heavy (non-hydrogen) atoms. The molecule has 0 fully saturated rings. The van der Waals surface area contributed by atoms with E-state index in [1.165, 1.54) is 152 Å². The average Bonchev–Trinajstić information content (AvgIpc) is 3.76. The van der Waals surface area contributed by atoms with Crippen LogP contribution in [0.5, 0.6) is 0 Å². The van der Waals surface area contributed by atoms with Gasteiger partial charge < -0.3 is 0 Å². The number of hydrogen-bond acceptors (Lipinski definition) is 0. The smallest absolute Gasteiger partial charge is 0.000741 e. The van der Waals surface area contributed by atoms with Gasteiger partial charge in [0.2, 0.25) is 0 Å². The largest absolute Gasteiger partial charge is 0.0776 e. The zero-order valence-corrected chi connectivity index (χ0v) is 46.1. The van der Waals surface area contributed by atoms with E-state index in [9.17, 15) is 0 Å². The van der Waals surface area contributed by atoms with Gasteiger partial charge in [-0.25, -0.2) is 0 Å². The molecule has 0 radical (unpaired) electrons. The van der Waals surface area contributed by atoms with Crippen molar-refractivity contribution < 1.29 is 0 Å². The number of fused-ring (bicyclic) bond motifs is 4. The van der Waals surface area contributed by atoms with Gasteiger partial charge >= 0.3 is 0 Å². The number of aryl methyl sites for hydroxylation is 6. The standard InChI is InChI=1S/C40H28.2C14H14.C4H10.C3H8.CH4/c1-25-22-26(2)24-29(23-25)30-20-21-35-38-31(30)18-11-19-34(38)39-36(27-12-5-3-6-13-27)32-16-9-10-17-33(32)37(40(35)39)28-14-7-4-8-15-28;2*1-11-7-3-5-9-13(11)14-10-6-4-8-12(14)2;1-3-4-2;1-3-2;/h3-24H,1-2H3;2*3-10H,1-2H3;3-4H2,1-2H3;3H2,1-2H3;1H4. The lowest BCUT2D eigenvalue weighted by atomic mass is 9.82. The molecule has 0 saturated carbocycles. The molecule has 0 nitrogen and oxygen atoms in total. The quantitative estimate of drug-likeness (QED) is 0.156. The van der Waals surface area contributed by atoms with E-state index in [1.54, 1.807) is 0 Å². The molecule has 1 aliphatic rings. The summed E-state index contributed by atoms with van der Waals surface area (Å²) >= 11 is 0. The molecule has 0 aliphatic heterocycles. The Bertz CT molecular complexity index is 3380. The third-order valence-electron chi connectivity index (χ3n) is 14.1. The zero-order chi connectivity index (χ0) is 52.8. The first-order valence-corrected chi connectivity index (χ1v) is 27.2. The minimum Gasteiger partial charge on any atom is -0.0776 e. The van der Waals surface area contributed by atoms with Crippen molar-refractivity contribution in [1.29, 1.82) is 0 Å². The molecular weight excluding hydrogens is 913 g/mol. The Morgan fingerprint density at radius 3 is 0.921 bits per heavy atom. The van der Waals surface area contributed by atoms with E-state index in [1.807, 2.05) is 0 Å². The number of unbranched alkanes of at least 4 members (excludes halogenated alkanes) is 1. The molecular formula is C76H78. The van der Waals surface area contributed by atoms with Crippen molar-refractivity contribution >= 4 is 21.5 Å². The van der Waals surface area contributed by atoms with E-state index in [0.717, 1.165) is 0 Å². The topological polar surface area (TPSA) is 0 Å². The summed E-state index contributed by atoms with van der Waals surface area (Å²) < 4.78 is 0. The highest BCUT2D eigenvalue weighted by molar-refractivity contribution is 6.28. The molecule has 0 heteroatoms. The van der Waals surface area contributed by atoms with Gasteiger partial charge in [0.25, 0.3) is 0 Å². The molecule has 0 N–H and O–H groups in total. The Morgan fingerprint density at radius 1 is 0.250 bits per heavy atom. The number of benzene rings is 11. The van der Waals surface area contributed by atoms with Crippen LogP contribution in [-0.2, 0) is 0 Å². The van der Waals surface area contributed by atoms with E-state index in [-0.39, 0.29) is 7.43 Å². The molecule has 1 aliphatic carbocycles. The van der Waals surface area contributed by atoms with Gasteiger partial charge in [0.1, 0.15) is 0 Å². The fourth-order valence-electron chi connectivity index (χ4n) is 10.5.